The van der Waals surface area contributed by atoms with Crippen LogP contribution in [0.5, 0.6) is 0 Å². The van der Waals surface area contributed by atoms with E-state index in [9.17, 15) is 9.59 Å². The molecule has 0 aliphatic rings. The van der Waals surface area contributed by atoms with E-state index in [1.165, 1.54) is 13.4 Å². The highest BCUT2D eigenvalue weighted by molar-refractivity contribution is 5.94. The zero-order valence-electron chi connectivity index (χ0n) is 15.1. The van der Waals surface area contributed by atoms with Crippen LogP contribution in [0.2, 0.25) is 0 Å². The van der Waals surface area contributed by atoms with Gasteiger partial charge in [0.15, 0.2) is 5.69 Å². The molecule has 6 nitrogen and oxygen atoms in total. The second kappa shape index (κ2) is 8.46. The van der Waals surface area contributed by atoms with Crippen molar-refractivity contribution in [3.8, 4) is 0 Å². The summed E-state index contributed by atoms with van der Waals surface area (Å²) in [5.74, 6) is 0.125. The maximum absolute atomic E-state index is 12.8. The van der Waals surface area contributed by atoms with Crippen LogP contribution in [0.1, 0.15) is 52.6 Å². The fourth-order valence-electron chi connectivity index (χ4n) is 2.29. The number of oxazole rings is 1. The molecule has 134 valence electrons. The summed E-state index contributed by atoms with van der Waals surface area (Å²) in [5.41, 5.74) is 1.82. The molecule has 1 amide bonds. The Kier molecular flexibility index (Phi) is 6.33. The summed E-state index contributed by atoms with van der Waals surface area (Å²) in [5, 5.41) is 0. The number of amides is 1. The Labute approximate surface area is 147 Å². The summed E-state index contributed by atoms with van der Waals surface area (Å²) in [7, 11) is 1.28. The van der Waals surface area contributed by atoms with Gasteiger partial charge in [0.2, 0.25) is 5.89 Å². The lowest BCUT2D eigenvalue weighted by Gasteiger charge is -2.22. The molecule has 0 bridgehead atoms. The summed E-state index contributed by atoms with van der Waals surface area (Å²) in [6, 6.07) is 7.45. The van der Waals surface area contributed by atoms with Gasteiger partial charge in [-0.05, 0) is 31.4 Å². The number of carbonyl (C=O) groups is 2. The molecule has 0 aliphatic carbocycles. The van der Waals surface area contributed by atoms with Crippen molar-refractivity contribution >= 4 is 11.9 Å². The van der Waals surface area contributed by atoms with Gasteiger partial charge in [0, 0.05) is 12.1 Å². The highest BCUT2D eigenvalue weighted by Crippen LogP contribution is 2.14. The lowest BCUT2D eigenvalue weighted by molar-refractivity contribution is 0.0594. The van der Waals surface area contributed by atoms with Gasteiger partial charge in [0.05, 0.1) is 13.7 Å². The molecule has 0 saturated carbocycles. The molecule has 0 radical (unpaired) electrons. The van der Waals surface area contributed by atoms with Crippen LogP contribution in [0.15, 0.2) is 34.9 Å². The first-order chi connectivity index (χ1) is 11.9. The maximum Gasteiger partial charge on any atom is 0.360 e. The number of methoxy groups -OCH3 is 1. The topological polar surface area (TPSA) is 72.6 Å². The number of ether oxygens (including phenoxy) is 1. The Morgan fingerprint density at radius 3 is 2.52 bits per heavy atom. The second-order valence-electron chi connectivity index (χ2n) is 6.39. The van der Waals surface area contributed by atoms with Crippen LogP contribution in [0, 0.1) is 12.8 Å². The van der Waals surface area contributed by atoms with Gasteiger partial charge in [0.1, 0.15) is 6.26 Å². The Hall–Kier alpha value is -2.63. The van der Waals surface area contributed by atoms with Crippen LogP contribution < -0.4 is 0 Å². The van der Waals surface area contributed by atoms with Crippen LogP contribution in [0.4, 0.5) is 0 Å². The predicted molar refractivity (Wildman–Crippen MR) is 93.2 cm³/mol. The van der Waals surface area contributed by atoms with Crippen molar-refractivity contribution in [1.82, 2.24) is 9.88 Å². The first kappa shape index (κ1) is 18.7. The van der Waals surface area contributed by atoms with Crippen LogP contribution in [-0.4, -0.2) is 35.4 Å². The molecule has 0 atom stereocenters. The summed E-state index contributed by atoms with van der Waals surface area (Å²) < 4.78 is 9.94. The van der Waals surface area contributed by atoms with Gasteiger partial charge in [0.25, 0.3) is 5.91 Å². The van der Waals surface area contributed by atoms with Crippen molar-refractivity contribution in [2.24, 2.45) is 5.92 Å². The van der Waals surface area contributed by atoms with Crippen LogP contribution in [0.25, 0.3) is 0 Å². The Morgan fingerprint density at radius 2 is 1.92 bits per heavy atom. The van der Waals surface area contributed by atoms with Crippen molar-refractivity contribution in [3.05, 3.63) is 53.2 Å². The molecule has 0 unspecified atom stereocenters. The summed E-state index contributed by atoms with van der Waals surface area (Å²) in [4.78, 5) is 30.1. The van der Waals surface area contributed by atoms with Gasteiger partial charge in [-0.2, -0.15) is 0 Å². The van der Waals surface area contributed by atoms with Crippen LogP contribution in [0.3, 0.4) is 0 Å². The average molecular weight is 344 g/mol. The highest BCUT2D eigenvalue weighted by Gasteiger charge is 2.20. The van der Waals surface area contributed by atoms with E-state index in [2.05, 4.69) is 23.6 Å². The fourth-order valence-corrected chi connectivity index (χ4v) is 2.29. The Bertz CT molecular complexity index is 719. The number of hydrogen-bond donors (Lipinski definition) is 0. The quantitative estimate of drug-likeness (QED) is 0.719. The standard InChI is InChI=1S/C19H24N2O4/c1-13(2)9-10-21(18(22)15-7-5-14(3)6-8-15)11-17-20-16(12-25-17)19(23)24-4/h5-8,12-13H,9-11H2,1-4H3. The molecule has 0 aliphatic heterocycles. The zero-order chi connectivity index (χ0) is 18.4. The number of carbonyl (C=O) groups excluding carboxylic acids is 2. The first-order valence-electron chi connectivity index (χ1n) is 8.29. The lowest BCUT2D eigenvalue weighted by atomic mass is 10.1. The van der Waals surface area contributed by atoms with E-state index in [1.54, 1.807) is 4.90 Å². The molecule has 1 aromatic heterocycles. The molecule has 25 heavy (non-hydrogen) atoms. The molecule has 0 fully saturated rings. The van der Waals surface area contributed by atoms with E-state index < -0.39 is 5.97 Å². The van der Waals surface area contributed by atoms with E-state index >= 15 is 0 Å². The molecule has 0 N–H and O–H groups in total. The molecule has 2 aromatic rings. The minimum Gasteiger partial charge on any atom is -0.464 e. The van der Waals surface area contributed by atoms with E-state index in [0.717, 1.165) is 12.0 Å². The minimum atomic E-state index is -0.561. The van der Waals surface area contributed by atoms with Crippen molar-refractivity contribution in [2.75, 3.05) is 13.7 Å². The smallest absolute Gasteiger partial charge is 0.360 e. The summed E-state index contributed by atoms with van der Waals surface area (Å²) in [6.45, 7) is 6.98. The Balaban J connectivity index is 2.17. The maximum atomic E-state index is 12.8. The average Bonchev–Trinajstić information content (AvgIpc) is 3.06. The third kappa shape index (κ3) is 5.17. The highest BCUT2D eigenvalue weighted by atomic mass is 16.5. The molecular weight excluding hydrogens is 320 g/mol. The van der Waals surface area contributed by atoms with Crippen molar-refractivity contribution < 1.29 is 18.7 Å². The van der Waals surface area contributed by atoms with Gasteiger partial charge in [-0.1, -0.05) is 31.5 Å². The van der Waals surface area contributed by atoms with Gasteiger partial charge >= 0.3 is 5.97 Å². The summed E-state index contributed by atoms with van der Waals surface area (Å²) in [6.07, 6.45) is 2.11. The second-order valence-corrected chi connectivity index (χ2v) is 6.39. The number of aromatic nitrogens is 1. The first-order valence-corrected chi connectivity index (χ1v) is 8.29. The van der Waals surface area contributed by atoms with Crippen LogP contribution in [-0.2, 0) is 11.3 Å². The van der Waals surface area contributed by atoms with Gasteiger partial charge in [-0.3, -0.25) is 4.79 Å². The van der Waals surface area contributed by atoms with E-state index in [-0.39, 0.29) is 18.1 Å². The predicted octanol–water partition coefficient (Wildman–Crippen LogP) is 3.46. The van der Waals surface area contributed by atoms with Crippen molar-refractivity contribution in [1.29, 1.82) is 0 Å². The third-order valence-corrected chi connectivity index (χ3v) is 3.83. The van der Waals surface area contributed by atoms with Gasteiger partial charge in [-0.15, -0.1) is 0 Å². The Morgan fingerprint density at radius 1 is 1.24 bits per heavy atom. The molecule has 0 spiro atoms. The largest absolute Gasteiger partial charge is 0.464 e. The fraction of sp³-hybridized carbons (Fsp3) is 0.421. The number of aryl methyl sites for hydroxylation is 1. The molecule has 1 heterocycles. The minimum absolute atomic E-state index is 0.0848. The molecule has 0 saturated heterocycles. The monoisotopic (exact) mass is 344 g/mol. The number of esters is 1. The molecular formula is C19H24N2O4. The number of hydrogen-bond acceptors (Lipinski definition) is 5. The number of nitrogens with zero attached hydrogens (tertiary/aromatic N) is 2. The van der Waals surface area contributed by atoms with Crippen molar-refractivity contribution in [2.45, 2.75) is 33.7 Å². The van der Waals surface area contributed by atoms with E-state index in [0.29, 0.717) is 23.9 Å². The SMILES string of the molecule is COC(=O)c1coc(CN(CCC(C)C)C(=O)c2ccc(C)cc2)n1. The zero-order valence-corrected chi connectivity index (χ0v) is 15.1. The van der Waals surface area contributed by atoms with Gasteiger partial charge in [-0.25, -0.2) is 9.78 Å². The molecule has 2 rings (SSSR count). The van der Waals surface area contributed by atoms with E-state index in [1.807, 2.05) is 31.2 Å². The molecule has 1 aromatic carbocycles. The summed E-state index contributed by atoms with van der Waals surface area (Å²) >= 11 is 0. The van der Waals surface area contributed by atoms with Crippen LogP contribution >= 0.6 is 0 Å². The van der Waals surface area contributed by atoms with Crippen molar-refractivity contribution in [3.63, 3.8) is 0 Å². The lowest BCUT2D eigenvalue weighted by Crippen LogP contribution is -2.32. The molecule has 6 heteroatoms. The normalized spacial score (nSPS) is 10.8. The third-order valence-electron chi connectivity index (χ3n) is 3.83. The van der Waals surface area contributed by atoms with E-state index in [4.69, 9.17) is 4.42 Å². The number of benzene rings is 1. The van der Waals surface area contributed by atoms with Gasteiger partial charge < -0.3 is 14.1 Å². The number of rotatable bonds is 7.